The molecule has 0 saturated carbocycles. The second-order valence-electron chi connectivity index (χ2n) is 5.65. The van der Waals surface area contributed by atoms with Crippen LogP contribution in [0.15, 0.2) is 30.3 Å². The molecule has 0 radical (unpaired) electrons. The Morgan fingerprint density at radius 2 is 1.71 bits per heavy atom. The van der Waals surface area contributed by atoms with Crippen LogP contribution in [-0.2, 0) is 0 Å². The minimum atomic E-state index is -0.580. The molecule has 0 aliphatic carbocycles. The van der Waals surface area contributed by atoms with Gasteiger partial charge in [0.2, 0.25) is 5.75 Å². The van der Waals surface area contributed by atoms with Gasteiger partial charge in [-0.15, -0.1) is 0 Å². The van der Waals surface area contributed by atoms with Crippen molar-refractivity contribution in [3.8, 4) is 23.0 Å². The Kier molecular flexibility index (Phi) is 7.02. The summed E-state index contributed by atoms with van der Waals surface area (Å²) in [5, 5.41) is 13.9. The van der Waals surface area contributed by atoms with Gasteiger partial charge in [0.15, 0.2) is 11.5 Å². The fourth-order valence-corrected chi connectivity index (χ4v) is 2.48. The highest BCUT2D eigenvalue weighted by Crippen LogP contribution is 2.38. The number of benzene rings is 2. The van der Waals surface area contributed by atoms with Gasteiger partial charge in [-0.25, -0.2) is 0 Å². The summed E-state index contributed by atoms with van der Waals surface area (Å²) in [6, 6.07) is 7.19. The molecule has 0 spiro atoms. The molecular weight excluding hydrogens is 368 g/mol. The number of carbonyl (C=O) groups is 1. The van der Waals surface area contributed by atoms with E-state index in [0.29, 0.717) is 29.6 Å². The molecule has 2 aromatic carbocycles. The van der Waals surface area contributed by atoms with E-state index in [9.17, 15) is 14.9 Å². The van der Waals surface area contributed by atoms with Gasteiger partial charge in [0.05, 0.1) is 38.9 Å². The van der Waals surface area contributed by atoms with E-state index in [-0.39, 0.29) is 16.9 Å². The summed E-state index contributed by atoms with van der Waals surface area (Å²) in [7, 11) is 4.31. The van der Waals surface area contributed by atoms with Gasteiger partial charge in [0.1, 0.15) is 11.4 Å². The van der Waals surface area contributed by atoms with Crippen molar-refractivity contribution in [2.24, 2.45) is 0 Å². The van der Waals surface area contributed by atoms with Gasteiger partial charge in [-0.3, -0.25) is 14.9 Å². The Morgan fingerprint density at radius 3 is 2.21 bits per heavy atom. The number of anilines is 1. The van der Waals surface area contributed by atoms with E-state index in [2.05, 4.69) is 5.32 Å². The number of nitrogens with one attached hydrogen (secondary N) is 1. The first kappa shape index (κ1) is 20.8. The lowest BCUT2D eigenvalue weighted by Crippen LogP contribution is -2.14. The first-order chi connectivity index (χ1) is 13.4. The normalized spacial score (nSPS) is 10.1. The lowest BCUT2D eigenvalue weighted by molar-refractivity contribution is -0.384. The number of carbonyl (C=O) groups excluding carboxylic acids is 1. The summed E-state index contributed by atoms with van der Waals surface area (Å²) >= 11 is 0. The summed E-state index contributed by atoms with van der Waals surface area (Å²) in [6.07, 6.45) is 0.771. The zero-order chi connectivity index (χ0) is 20.7. The Hall–Kier alpha value is -3.49. The molecule has 0 unspecified atom stereocenters. The number of amides is 1. The molecule has 0 aliphatic heterocycles. The van der Waals surface area contributed by atoms with Crippen molar-refractivity contribution in [2.75, 3.05) is 33.3 Å². The van der Waals surface area contributed by atoms with Crippen molar-refractivity contribution < 1.29 is 28.7 Å². The van der Waals surface area contributed by atoms with E-state index in [0.717, 1.165) is 6.42 Å². The molecule has 0 heterocycles. The molecule has 0 bridgehead atoms. The lowest BCUT2D eigenvalue weighted by atomic mass is 10.1. The Bertz CT molecular complexity index is 842. The zero-order valence-corrected chi connectivity index (χ0v) is 16.1. The maximum Gasteiger partial charge on any atom is 0.296 e. The van der Waals surface area contributed by atoms with Gasteiger partial charge in [0.25, 0.3) is 11.6 Å². The van der Waals surface area contributed by atoms with Gasteiger partial charge in [0, 0.05) is 5.56 Å². The van der Waals surface area contributed by atoms with Crippen LogP contribution in [0.5, 0.6) is 23.0 Å². The molecule has 0 fully saturated rings. The Labute approximate surface area is 162 Å². The van der Waals surface area contributed by atoms with Gasteiger partial charge in [-0.05, 0) is 30.7 Å². The largest absolute Gasteiger partial charge is 0.493 e. The van der Waals surface area contributed by atoms with Gasteiger partial charge >= 0.3 is 0 Å². The van der Waals surface area contributed by atoms with Crippen molar-refractivity contribution in [3.05, 3.63) is 46.0 Å². The zero-order valence-electron chi connectivity index (χ0n) is 16.1. The van der Waals surface area contributed by atoms with E-state index >= 15 is 0 Å². The van der Waals surface area contributed by atoms with Crippen LogP contribution in [0.3, 0.4) is 0 Å². The van der Waals surface area contributed by atoms with Crippen LogP contribution in [0.1, 0.15) is 23.7 Å². The quantitative estimate of drug-likeness (QED) is 0.514. The van der Waals surface area contributed by atoms with E-state index in [4.69, 9.17) is 18.9 Å². The van der Waals surface area contributed by atoms with Gasteiger partial charge < -0.3 is 24.3 Å². The molecule has 1 N–H and O–H groups in total. The topological polar surface area (TPSA) is 109 Å². The Morgan fingerprint density at radius 1 is 1.07 bits per heavy atom. The molecule has 28 heavy (non-hydrogen) atoms. The number of ether oxygens (including phenoxy) is 4. The number of hydrogen-bond acceptors (Lipinski definition) is 7. The summed E-state index contributed by atoms with van der Waals surface area (Å²) < 4.78 is 21.1. The van der Waals surface area contributed by atoms with Crippen molar-refractivity contribution >= 4 is 17.3 Å². The van der Waals surface area contributed by atoms with Crippen LogP contribution in [0.2, 0.25) is 0 Å². The van der Waals surface area contributed by atoms with Crippen molar-refractivity contribution in [3.63, 3.8) is 0 Å². The fourth-order valence-electron chi connectivity index (χ4n) is 2.48. The average Bonchev–Trinajstić information content (AvgIpc) is 2.71. The van der Waals surface area contributed by atoms with Gasteiger partial charge in [-0.2, -0.15) is 0 Å². The van der Waals surface area contributed by atoms with E-state index in [1.807, 2.05) is 6.92 Å². The highest BCUT2D eigenvalue weighted by Gasteiger charge is 2.21. The van der Waals surface area contributed by atoms with Crippen LogP contribution in [0.25, 0.3) is 0 Å². The SMILES string of the molecule is CCCOc1ccc(NC(=O)c2cc(OC)c(OC)c(OC)c2)c([N+](=O)[O-])c1. The lowest BCUT2D eigenvalue weighted by Gasteiger charge is -2.14. The standard InChI is InChI=1S/C19H22N2O7/c1-5-8-28-13-6-7-14(15(11-13)21(23)24)20-19(22)12-9-16(25-2)18(27-4)17(10-12)26-3/h6-7,9-11H,5,8H2,1-4H3,(H,20,22). The molecular formula is C19H22N2O7. The van der Waals surface area contributed by atoms with Crippen LogP contribution in [-0.4, -0.2) is 38.8 Å². The third-order valence-electron chi connectivity index (χ3n) is 3.81. The third-order valence-corrected chi connectivity index (χ3v) is 3.81. The molecule has 9 nitrogen and oxygen atoms in total. The number of hydrogen-bond donors (Lipinski definition) is 1. The highest BCUT2D eigenvalue weighted by molar-refractivity contribution is 6.06. The minimum absolute atomic E-state index is 0.0487. The fraction of sp³-hybridized carbons (Fsp3) is 0.316. The molecule has 2 aromatic rings. The molecule has 0 aromatic heterocycles. The molecule has 9 heteroatoms. The van der Waals surface area contributed by atoms with Crippen LogP contribution in [0.4, 0.5) is 11.4 Å². The molecule has 0 atom stereocenters. The number of nitro benzene ring substituents is 1. The number of rotatable bonds is 9. The van der Waals surface area contributed by atoms with Crippen molar-refractivity contribution in [1.29, 1.82) is 0 Å². The van der Waals surface area contributed by atoms with Crippen molar-refractivity contribution in [1.82, 2.24) is 0 Å². The summed E-state index contributed by atoms with van der Waals surface area (Å²) in [4.78, 5) is 23.5. The number of nitrogens with zero attached hydrogens (tertiary/aromatic N) is 1. The highest BCUT2D eigenvalue weighted by atomic mass is 16.6. The molecule has 150 valence electrons. The number of methoxy groups -OCH3 is 3. The summed E-state index contributed by atoms with van der Waals surface area (Å²) in [6.45, 7) is 2.37. The monoisotopic (exact) mass is 390 g/mol. The van der Waals surface area contributed by atoms with E-state index in [1.54, 1.807) is 6.07 Å². The van der Waals surface area contributed by atoms with Crippen LogP contribution < -0.4 is 24.3 Å². The second-order valence-corrected chi connectivity index (χ2v) is 5.65. The molecule has 1 amide bonds. The minimum Gasteiger partial charge on any atom is -0.493 e. The molecule has 2 rings (SSSR count). The predicted octanol–water partition coefficient (Wildman–Crippen LogP) is 3.66. The molecule has 0 aliphatic rings. The van der Waals surface area contributed by atoms with E-state index in [1.165, 1.54) is 45.6 Å². The summed E-state index contributed by atoms with van der Waals surface area (Å²) in [5.74, 6) is 0.725. The van der Waals surface area contributed by atoms with Crippen LogP contribution in [0, 0.1) is 10.1 Å². The maximum atomic E-state index is 12.7. The third kappa shape index (κ3) is 4.61. The van der Waals surface area contributed by atoms with Gasteiger partial charge in [-0.1, -0.05) is 6.92 Å². The molecule has 0 saturated heterocycles. The maximum absolute atomic E-state index is 12.7. The first-order valence-electron chi connectivity index (χ1n) is 8.47. The predicted molar refractivity (Wildman–Crippen MR) is 103 cm³/mol. The second kappa shape index (κ2) is 9.45. The average molecular weight is 390 g/mol. The van der Waals surface area contributed by atoms with Crippen molar-refractivity contribution in [2.45, 2.75) is 13.3 Å². The smallest absolute Gasteiger partial charge is 0.296 e. The van der Waals surface area contributed by atoms with E-state index < -0.39 is 10.8 Å². The first-order valence-corrected chi connectivity index (χ1v) is 8.47. The Balaban J connectivity index is 2.35. The summed E-state index contributed by atoms with van der Waals surface area (Å²) in [5.41, 5.74) is -0.0305. The number of nitro groups is 1. The van der Waals surface area contributed by atoms with Crippen LogP contribution >= 0.6 is 0 Å².